The van der Waals surface area contributed by atoms with Gasteiger partial charge in [-0.25, -0.2) is 9.86 Å². The van der Waals surface area contributed by atoms with Crippen molar-refractivity contribution in [2.45, 2.75) is 26.4 Å². The van der Waals surface area contributed by atoms with E-state index < -0.39 is 11.7 Å². The molecule has 0 saturated heterocycles. The SMILES string of the molecule is CON(C)C(=O)c1ccc2cc(NC(=O)OC(C)(C)C)ccc2c1. The number of fused-ring (bicyclic) bond motifs is 1. The molecule has 24 heavy (non-hydrogen) atoms. The number of hydroxylamine groups is 2. The Morgan fingerprint density at radius 3 is 2.29 bits per heavy atom. The van der Waals surface area contributed by atoms with Crippen LogP contribution >= 0.6 is 0 Å². The minimum absolute atomic E-state index is 0.227. The Hall–Kier alpha value is -2.60. The molecule has 2 aromatic rings. The normalized spacial score (nSPS) is 11.2. The average molecular weight is 330 g/mol. The molecule has 2 amide bonds. The molecule has 0 aliphatic carbocycles. The van der Waals surface area contributed by atoms with Crippen LogP contribution in [-0.4, -0.2) is 36.8 Å². The number of hydrogen-bond donors (Lipinski definition) is 1. The van der Waals surface area contributed by atoms with Crippen LogP contribution in [0.2, 0.25) is 0 Å². The van der Waals surface area contributed by atoms with Crippen molar-refractivity contribution in [3.05, 3.63) is 42.0 Å². The van der Waals surface area contributed by atoms with E-state index in [2.05, 4.69) is 5.32 Å². The van der Waals surface area contributed by atoms with Crippen molar-refractivity contribution >= 4 is 28.5 Å². The number of rotatable bonds is 3. The highest BCUT2D eigenvalue weighted by molar-refractivity contribution is 5.99. The molecule has 0 saturated carbocycles. The lowest BCUT2D eigenvalue weighted by atomic mass is 10.1. The number of anilines is 1. The van der Waals surface area contributed by atoms with Gasteiger partial charge in [-0.05, 0) is 55.8 Å². The molecule has 0 aliphatic heterocycles. The molecule has 128 valence electrons. The first kappa shape index (κ1) is 17.7. The maximum Gasteiger partial charge on any atom is 0.412 e. The molecule has 0 aromatic heterocycles. The lowest BCUT2D eigenvalue weighted by molar-refractivity contribution is -0.0756. The Kier molecular flexibility index (Phi) is 5.09. The van der Waals surface area contributed by atoms with Crippen molar-refractivity contribution < 1.29 is 19.2 Å². The van der Waals surface area contributed by atoms with E-state index in [9.17, 15) is 9.59 Å². The summed E-state index contributed by atoms with van der Waals surface area (Å²) in [5, 5.41) is 5.66. The fraction of sp³-hybridized carbons (Fsp3) is 0.333. The summed E-state index contributed by atoms with van der Waals surface area (Å²) in [6, 6.07) is 10.8. The van der Waals surface area contributed by atoms with Gasteiger partial charge in [-0.2, -0.15) is 0 Å². The fourth-order valence-corrected chi connectivity index (χ4v) is 2.14. The maximum absolute atomic E-state index is 12.1. The molecule has 1 N–H and O–H groups in total. The molecule has 0 fully saturated rings. The lowest BCUT2D eigenvalue weighted by Gasteiger charge is -2.19. The van der Waals surface area contributed by atoms with E-state index >= 15 is 0 Å². The Morgan fingerprint density at radius 1 is 1.04 bits per heavy atom. The second-order valence-electron chi connectivity index (χ2n) is 6.39. The molecule has 0 radical (unpaired) electrons. The van der Waals surface area contributed by atoms with Crippen LogP contribution in [0.1, 0.15) is 31.1 Å². The Bertz CT molecular complexity index is 765. The molecule has 0 spiro atoms. The number of ether oxygens (including phenoxy) is 1. The van der Waals surface area contributed by atoms with Crippen LogP contribution < -0.4 is 5.32 Å². The van der Waals surface area contributed by atoms with Gasteiger partial charge in [0.05, 0.1) is 7.11 Å². The van der Waals surface area contributed by atoms with E-state index in [1.807, 2.05) is 39.0 Å². The minimum Gasteiger partial charge on any atom is -0.444 e. The van der Waals surface area contributed by atoms with Crippen LogP contribution in [0.3, 0.4) is 0 Å². The third kappa shape index (κ3) is 4.45. The zero-order valence-corrected chi connectivity index (χ0v) is 14.5. The molecule has 6 heteroatoms. The Labute approximate surface area is 141 Å². The van der Waals surface area contributed by atoms with Gasteiger partial charge in [0, 0.05) is 18.3 Å². The number of nitrogens with one attached hydrogen (secondary N) is 1. The highest BCUT2D eigenvalue weighted by Crippen LogP contribution is 2.22. The van der Waals surface area contributed by atoms with Crippen LogP contribution in [0.15, 0.2) is 36.4 Å². The van der Waals surface area contributed by atoms with E-state index in [-0.39, 0.29) is 5.91 Å². The van der Waals surface area contributed by atoms with E-state index in [1.165, 1.54) is 12.2 Å². The van der Waals surface area contributed by atoms with Gasteiger partial charge in [0.2, 0.25) is 0 Å². The number of benzene rings is 2. The summed E-state index contributed by atoms with van der Waals surface area (Å²) >= 11 is 0. The number of hydrogen-bond acceptors (Lipinski definition) is 4. The standard InChI is InChI=1S/C18H22N2O4/c1-18(2,3)24-17(22)19-15-9-8-12-10-14(7-6-13(12)11-15)16(21)20(4)23-5/h6-11H,1-5H3,(H,19,22). The monoisotopic (exact) mass is 330 g/mol. The zero-order valence-electron chi connectivity index (χ0n) is 14.5. The summed E-state index contributed by atoms with van der Waals surface area (Å²) in [6.45, 7) is 5.42. The smallest absolute Gasteiger partial charge is 0.412 e. The van der Waals surface area contributed by atoms with E-state index in [4.69, 9.17) is 9.57 Å². The number of carbonyl (C=O) groups excluding carboxylic acids is 2. The lowest BCUT2D eigenvalue weighted by Crippen LogP contribution is -2.27. The Balaban J connectivity index is 2.20. The molecular weight excluding hydrogens is 308 g/mol. The fourth-order valence-electron chi connectivity index (χ4n) is 2.14. The van der Waals surface area contributed by atoms with Crippen LogP contribution in [0.25, 0.3) is 10.8 Å². The highest BCUT2D eigenvalue weighted by Gasteiger charge is 2.16. The largest absolute Gasteiger partial charge is 0.444 e. The second-order valence-corrected chi connectivity index (χ2v) is 6.39. The minimum atomic E-state index is -0.552. The van der Waals surface area contributed by atoms with Crippen LogP contribution in [0.5, 0.6) is 0 Å². The van der Waals surface area contributed by atoms with Gasteiger partial charge < -0.3 is 4.74 Å². The van der Waals surface area contributed by atoms with Gasteiger partial charge in [0.25, 0.3) is 5.91 Å². The molecule has 2 rings (SSSR count). The van der Waals surface area contributed by atoms with Crippen molar-refractivity contribution in [1.82, 2.24) is 5.06 Å². The van der Waals surface area contributed by atoms with E-state index in [0.29, 0.717) is 11.3 Å². The molecule has 0 bridgehead atoms. The van der Waals surface area contributed by atoms with Crippen molar-refractivity contribution in [3.63, 3.8) is 0 Å². The van der Waals surface area contributed by atoms with Gasteiger partial charge in [0.15, 0.2) is 0 Å². The van der Waals surface area contributed by atoms with Gasteiger partial charge >= 0.3 is 6.09 Å². The van der Waals surface area contributed by atoms with Gasteiger partial charge in [0.1, 0.15) is 5.60 Å². The summed E-state index contributed by atoms with van der Waals surface area (Å²) in [6.07, 6.45) is -0.504. The molecule has 2 aromatic carbocycles. The summed E-state index contributed by atoms with van der Waals surface area (Å²) in [5.41, 5.74) is 0.605. The third-order valence-electron chi connectivity index (χ3n) is 3.29. The summed E-state index contributed by atoms with van der Waals surface area (Å²) in [5.74, 6) is -0.227. The summed E-state index contributed by atoms with van der Waals surface area (Å²) in [7, 11) is 2.99. The van der Waals surface area contributed by atoms with E-state index in [0.717, 1.165) is 10.8 Å². The molecule has 0 aliphatic rings. The van der Waals surface area contributed by atoms with Crippen LogP contribution in [0.4, 0.5) is 10.5 Å². The number of carbonyl (C=O) groups is 2. The highest BCUT2D eigenvalue weighted by atomic mass is 16.7. The number of amides is 2. The molecule has 0 atom stereocenters. The molecule has 6 nitrogen and oxygen atoms in total. The van der Waals surface area contributed by atoms with Gasteiger partial charge in [-0.3, -0.25) is 14.9 Å². The Morgan fingerprint density at radius 2 is 1.67 bits per heavy atom. The molecule has 0 unspecified atom stereocenters. The van der Waals surface area contributed by atoms with Gasteiger partial charge in [-0.1, -0.05) is 12.1 Å². The average Bonchev–Trinajstić information content (AvgIpc) is 2.51. The van der Waals surface area contributed by atoms with Crippen LogP contribution in [-0.2, 0) is 9.57 Å². The van der Waals surface area contributed by atoms with Crippen molar-refractivity contribution in [1.29, 1.82) is 0 Å². The maximum atomic E-state index is 12.1. The van der Waals surface area contributed by atoms with E-state index in [1.54, 1.807) is 25.2 Å². The second kappa shape index (κ2) is 6.88. The molecular formula is C18H22N2O4. The number of nitrogens with zero attached hydrogens (tertiary/aromatic N) is 1. The van der Waals surface area contributed by atoms with Gasteiger partial charge in [-0.15, -0.1) is 0 Å². The first-order chi connectivity index (χ1) is 11.2. The predicted octanol–water partition coefficient (Wildman–Crippen LogP) is 3.82. The molecule has 0 heterocycles. The summed E-state index contributed by atoms with van der Waals surface area (Å²) in [4.78, 5) is 28.8. The summed E-state index contributed by atoms with van der Waals surface area (Å²) < 4.78 is 5.23. The predicted molar refractivity (Wildman–Crippen MR) is 92.9 cm³/mol. The quantitative estimate of drug-likeness (QED) is 0.869. The van der Waals surface area contributed by atoms with Crippen molar-refractivity contribution in [2.24, 2.45) is 0 Å². The first-order valence-corrected chi connectivity index (χ1v) is 7.55. The van der Waals surface area contributed by atoms with Crippen molar-refractivity contribution in [3.8, 4) is 0 Å². The van der Waals surface area contributed by atoms with Crippen molar-refractivity contribution in [2.75, 3.05) is 19.5 Å². The van der Waals surface area contributed by atoms with Crippen LogP contribution in [0, 0.1) is 0 Å². The first-order valence-electron chi connectivity index (χ1n) is 7.55. The third-order valence-corrected chi connectivity index (χ3v) is 3.29. The topological polar surface area (TPSA) is 67.9 Å². The zero-order chi connectivity index (χ0) is 17.9.